The van der Waals surface area contributed by atoms with E-state index in [1.165, 1.54) is 0 Å². The van der Waals surface area contributed by atoms with Crippen LogP contribution in [0.1, 0.15) is 19.8 Å². The lowest BCUT2D eigenvalue weighted by molar-refractivity contribution is -0.134. The van der Waals surface area contributed by atoms with Crippen LogP contribution in [0.3, 0.4) is 0 Å². The van der Waals surface area contributed by atoms with Gasteiger partial charge in [0.2, 0.25) is 11.8 Å². The van der Waals surface area contributed by atoms with Crippen molar-refractivity contribution >= 4 is 38.5 Å². The zero-order chi connectivity index (χ0) is 18.1. The summed E-state index contributed by atoms with van der Waals surface area (Å²) in [5.41, 5.74) is 0.936. The fraction of sp³-hybridized carbons (Fsp3) is 0.526. The van der Waals surface area contributed by atoms with Crippen molar-refractivity contribution < 1.29 is 9.59 Å². The van der Waals surface area contributed by atoms with Gasteiger partial charge in [0.25, 0.3) is 0 Å². The molecule has 4 rings (SSSR count). The Kier molecular flexibility index (Phi) is 4.91. The quantitative estimate of drug-likeness (QED) is 0.807. The minimum absolute atomic E-state index is 0.0773. The van der Waals surface area contributed by atoms with E-state index in [1.807, 2.05) is 36.1 Å². The number of carbonyl (C=O) groups excluding carboxylic acids is 2. The molecule has 0 radical (unpaired) electrons. The Hall–Kier alpha value is -1.99. The van der Waals surface area contributed by atoms with Crippen molar-refractivity contribution in [2.75, 3.05) is 44.2 Å². The number of likely N-dealkylation sites (N-methyl/N-ethyl adjacent to an activating group) is 1. The molecular weight excluding hydrogens is 348 g/mol. The molecule has 6 nitrogen and oxygen atoms in total. The molecule has 7 heteroatoms. The van der Waals surface area contributed by atoms with E-state index in [2.05, 4.69) is 9.88 Å². The largest absolute Gasteiger partial charge is 0.340 e. The summed E-state index contributed by atoms with van der Waals surface area (Å²) in [5.74, 6) is 0.659. The Bertz CT molecular complexity index is 776. The summed E-state index contributed by atoms with van der Waals surface area (Å²) in [5, 5.41) is 0.765. The van der Waals surface area contributed by atoms with Gasteiger partial charge in [0.15, 0.2) is 5.13 Å². The van der Waals surface area contributed by atoms with E-state index in [9.17, 15) is 9.59 Å². The van der Waals surface area contributed by atoms with Gasteiger partial charge in [-0.05, 0) is 31.9 Å². The number of carbonyl (C=O) groups is 2. The van der Waals surface area contributed by atoms with Crippen molar-refractivity contribution in [2.45, 2.75) is 19.8 Å². The van der Waals surface area contributed by atoms with E-state index < -0.39 is 0 Å². The van der Waals surface area contributed by atoms with Crippen molar-refractivity contribution in [3.8, 4) is 0 Å². The molecule has 1 saturated carbocycles. The van der Waals surface area contributed by atoms with Crippen molar-refractivity contribution in [1.82, 2.24) is 14.8 Å². The van der Waals surface area contributed by atoms with Crippen LogP contribution in [-0.2, 0) is 9.59 Å². The van der Waals surface area contributed by atoms with Gasteiger partial charge in [-0.25, -0.2) is 4.98 Å². The van der Waals surface area contributed by atoms with E-state index in [4.69, 9.17) is 0 Å². The molecule has 1 aromatic carbocycles. The smallest absolute Gasteiger partial charge is 0.242 e. The Morgan fingerprint density at radius 3 is 2.58 bits per heavy atom. The third-order valence-corrected chi connectivity index (χ3v) is 6.16. The van der Waals surface area contributed by atoms with Crippen LogP contribution in [0.4, 0.5) is 5.13 Å². The number of para-hydroxylation sites is 1. The van der Waals surface area contributed by atoms with Crippen LogP contribution in [-0.4, -0.2) is 65.9 Å². The topological polar surface area (TPSA) is 56.8 Å². The van der Waals surface area contributed by atoms with Gasteiger partial charge in [-0.1, -0.05) is 23.5 Å². The van der Waals surface area contributed by atoms with Crippen molar-refractivity contribution in [3.05, 3.63) is 24.3 Å². The number of benzene rings is 1. The van der Waals surface area contributed by atoms with Crippen molar-refractivity contribution in [2.24, 2.45) is 5.92 Å². The fourth-order valence-electron chi connectivity index (χ4n) is 3.39. The first kappa shape index (κ1) is 17.4. The lowest BCUT2D eigenvalue weighted by Crippen LogP contribution is -2.52. The zero-order valence-electron chi connectivity index (χ0n) is 15.1. The van der Waals surface area contributed by atoms with Gasteiger partial charge in [0.1, 0.15) is 0 Å². The monoisotopic (exact) mass is 372 g/mol. The molecule has 1 saturated heterocycles. The third kappa shape index (κ3) is 3.59. The summed E-state index contributed by atoms with van der Waals surface area (Å²) >= 11 is 1.56. The molecule has 1 aliphatic carbocycles. The molecule has 0 bridgehead atoms. The number of anilines is 1. The Labute approximate surface area is 157 Å². The van der Waals surface area contributed by atoms with Crippen LogP contribution in [0.15, 0.2) is 24.3 Å². The van der Waals surface area contributed by atoms with E-state index in [0.29, 0.717) is 19.0 Å². The molecule has 26 heavy (non-hydrogen) atoms. The van der Waals surface area contributed by atoms with Crippen LogP contribution in [0, 0.1) is 5.92 Å². The molecule has 0 spiro atoms. The molecule has 1 aromatic heterocycles. The van der Waals surface area contributed by atoms with Gasteiger partial charge < -0.3 is 4.90 Å². The molecule has 0 atom stereocenters. The van der Waals surface area contributed by atoms with Crippen molar-refractivity contribution in [1.29, 1.82) is 0 Å². The van der Waals surface area contributed by atoms with Crippen LogP contribution >= 0.6 is 11.3 Å². The Balaban J connectivity index is 1.36. The first-order valence-electron chi connectivity index (χ1n) is 9.33. The highest BCUT2D eigenvalue weighted by Crippen LogP contribution is 2.31. The Morgan fingerprint density at radius 1 is 1.19 bits per heavy atom. The maximum atomic E-state index is 12.8. The van der Waals surface area contributed by atoms with Crippen LogP contribution in [0.5, 0.6) is 0 Å². The zero-order valence-corrected chi connectivity index (χ0v) is 15.9. The first-order chi connectivity index (χ1) is 12.7. The highest BCUT2D eigenvalue weighted by atomic mass is 32.1. The lowest BCUT2D eigenvalue weighted by atomic mass is 10.2. The molecule has 1 aliphatic heterocycles. The van der Waals surface area contributed by atoms with Gasteiger partial charge in [0.05, 0.1) is 16.8 Å². The van der Waals surface area contributed by atoms with E-state index >= 15 is 0 Å². The highest BCUT2D eigenvalue weighted by Gasteiger charge is 2.35. The van der Waals surface area contributed by atoms with Gasteiger partial charge in [0, 0.05) is 38.6 Å². The number of piperazine rings is 1. The number of hydrogen-bond donors (Lipinski definition) is 0. The predicted octanol–water partition coefficient (Wildman–Crippen LogP) is 2.20. The van der Waals surface area contributed by atoms with Gasteiger partial charge in [-0.3, -0.25) is 19.4 Å². The van der Waals surface area contributed by atoms with Crippen LogP contribution in [0.25, 0.3) is 10.2 Å². The summed E-state index contributed by atoms with van der Waals surface area (Å²) < 4.78 is 1.10. The molecule has 2 amide bonds. The number of aromatic nitrogens is 1. The second-order valence-corrected chi connectivity index (χ2v) is 7.99. The van der Waals surface area contributed by atoms with Gasteiger partial charge >= 0.3 is 0 Å². The number of amides is 2. The Morgan fingerprint density at radius 2 is 1.92 bits per heavy atom. The molecule has 2 aliphatic rings. The molecule has 138 valence electrons. The number of thiazole rings is 1. The van der Waals surface area contributed by atoms with Crippen LogP contribution < -0.4 is 4.90 Å². The molecular formula is C19H24N4O2S. The maximum absolute atomic E-state index is 12.8. The molecule has 2 heterocycles. The number of fused-ring (bicyclic) bond motifs is 1. The van der Waals surface area contributed by atoms with Gasteiger partial charge in [-0.2, -0.15) is 0 Å². The lowest BCUT2D eigenvalue weighted by Gasteiger charge is -2.35. The predicted molar refractivity (Wildman–Crippen MR) is 103 cm³/mol. The fourth-order valence-corrected chi connectivity index (χ4v) is 4.43. The summed E-state index contributed by atoms with van der Waals surface area (Å²) in [4.78, 5) is 35.5. The number of rotatable bonds is 5. The van der Waals surface area contributed by atoms with E-state index in [1.54, 1.807) is 16.2 Å². The average molecular weight is 372 g/mol. The summed E-state index contributed by atoms with van der Waals surface area (Å²) in [6.07, 6.45) is 2.09. The molecule has 0 unspecified atom stereocenters. The SMILES string of the molecule is CCN(C(=O)CN1CCN(C(=O)C2CC2)CC1)c1nc2ccccc2s1. The van der Waals surface area contributed by atoms with E-state index in [0.717, 1.165) is 54.4 Å². The second kappa shape index (κ2) is 7.32. The third-order valence-electron chi connectivity index (χ3n) is 5.10. The first-order valence-corrected chi connectivity index (χ1v) is 10.1. The normalized spacial score (nSPS) is 18.3. The number of nitrogens with zero attached hydrogens (tertiary/aromatic N) is 4. The highest BCUT2D eigenvalue weighted by molar-refractivity contribution is 7.22. The minimum Gasteiger partial charge on any atom is -0.340 e. The molecule has 2 aromatic rings. The summed E-state index contributed by atoms with van der Waals surface area (Å²) in [6.45, 7) is 5.97. The van der Waals surface area contributed by atoms with E-state index in [-0.39, 0.29) is 11.8 Å². The summed E-state index contributed by atoms with van der Waals surface area (Å²) in [7, 11) is 0. The standard InChI is InChI=1S/C19H24N4O2S/c1-2-23(19-20-15-5-3-4-6-16(15)26-19)17(24)13-21-9-11-22(12-10-21)18(25)14-7-8-14/h3-6,14H,2,7-13H2,1H3. The van der Waals surface area contributed by atoms with Crippen LogP contribution in [0.2, 0.25) is 0 Å². The minimum atomic E-state index is 0.0773. The van der Waals surface area contributed by atoms with Crippen molar-refractivity contribution in [3.63, 3.8) is 0 Å². The number of hydrogen-bond acceptors (Lipinski definition) is 5. The average Bonchev–Trinajstić information content (AvgIpc) is 3.42. The molecule has 0 N–H and O–H groups in total. The van der Waals surface area contributed by atoms with Gasteiger partial charge in [-0.15, -0.1) is 0 Å². The molecule has 2 fully saturated rings. The maximum Gasteiger partial charge on any atom is 0.242 e. The summed E-state index contributed by atoms with van der Waals surface area (Å²) in [6, 6.07) is 7.96. The second-order valence-electron chi connectivity index (χ2n) is 6.98.